The first-order chi connectivity index (χ1) is 15.1. The second-order valence-electron chi connectivity index (χ2n) is 8.11. The molecule has 2 aliphatic rings. The van der Waals surface area contributed by atoms with Crippen LogP contribution in [0.25, 0.3) is 11.4 Å². The fourth-order valence-corrected chi connectivity index (χ4v) is 4.59. The van der Waals surface area contributed by atoms with Crippen LogP contribution < -0.4 is 9.47 Å². The summed E-state index contributed by atoms with van der Waals surface area (Å²) < 4.78 is 29.9. The number of fused-ring (bicyclic) bond motifs is 1. The predicted molar refractivity (Wildman–Crippen MR) is 118 cm³/mol. The highest BCUT2D eigenvalue weighted by Crippen LogP contribution is 2.39. The molecule has 0 spiro atoms. The maximum atomic E-state index is 14.5. The van der Waals surface area contributed by atoms with Crippen molar-refractivity contribution in [3.8, 4) is 22.9 Å². The van der Waals surface area contributed by atoms with Crippen LogP contribution in [0.2, 0.25) is 0 Å². The Labute approximate surface area is 185 Å². The first-order valence-electron chi connectivity index (χ1n) is 10.5. The number of benzene rings is 2. The van der Waals surface area contributed by atoms with E-state index in [1.54, 1.807) is 26.4 Å². The van der Waals surface area contributed by atoms with Crippen LogP contribution >= 0.6 is 12.2 Å². The van der Waals surface area contributed by atoms with Gasteiger partial charge in [-0.2, -0.15) is 5.10 Å². The van der Waals surface area contributed by atoms with Gasteiger partial charge in [-0.05, 0) is 66.9 Å². The topological polar surface area (TPSA) is 44.5 Å². The summed E-state index contributed by atoms with van der Waals surface area (Å²) in [6.45, 7) is 2.21. The number of methoxy groups -OCH3 is 2. The Kier molecular flexibility index (Phi) is 5.27. The molecule has 0 saturated heterocycles. The molecule has 162 valence electrons. The van der Waals surface area contributed by atoms with Crippen molar-refractivity contribution >= 4 is 12.2 Å². The summed E-state index contributed by atoms with van der Waals surface area (Å²) in [5.41, 5.74) is 2.99. The fraction of sp³-hybridized carbons (Fsp3) is 0.391. The normalized spacial score (nSPS) is 16.2. The van der Waals surface area contributed by atoms with Crippen LogP contribution in [0.4, 0.5) is 4.39 Å². The molecule has 1 aliphatic heterocycles. The number of ether oxygens (including phenoxy) is 2. The van der Waals surface area contributed by atoms with Crippen molar-refractivity contribution in [1.29, 1.82) is 0 Å². The lowest BCUT2D eigenvalue weighted by Crippen LogP contribution is -2.33. The standard InChI is InChI=1S/C23H25FN4O2S/c1-29-20-11-15-9-10-26(13-16(15)12-21(20)30-2)14-27-23(31)28(17-7-8-17)22(25-27)18-5-3-4-6-19(18)24/h3-6,11-12,17H,7-10,13-14H2,1-2H3. The minimum Gasteiger partial charge on any atom is -0.493 e. The molecule has 3 aromatic rings. The van der Waals surface area contributed by atoms with Crippen LogP contribution in [-0.4, -0.2) is 40.0 Å². The molecule has 0 radical (unpaired) electrons. The van der Waals surface area contributed by atoms with E-state index in [1.165, 1.54) is 17.2 Å². The van der Waals surface area contributed by atoms with Crippen molar-refractivity contribution in [2.75, 3.05) is 20.8 Å². The summed E-state index contributed by atoms with van der Waals surface area (Å²) in [6.07, 6.45) is 3.02. The highest BCUT2D eigenvalue weighted by Gasteiger charge is 2.30. The SMILES string of the molecule is COc1cc2c(cc1OC)CN(Cn1nc(-c3ccccc3F)n(C3CC3)c1=S)CC2. The molecule has 2 aromatic carbocycles. The van der Waals surface area contributed by atoms with Gasteiger partial charge < -0.3 is 9.47 Å². The number of nitrogens with zero attached hydrogens (tertiary/aromatic N) is 4. The zero-order chi connectivity index (χ0) is 21.5. The summed E-state index contributed by atoms with van der Waals surface area (Å²) in [6, 6.07) is 11.2. The third-order valence-corrected chi connectivity index (χ3v) is 6.44. The Morgan fingerprint density at radius 3 is 2.48 bits per heavy atom. The second-order valence-corrected chi connectivity index (χ2v) is 8.47. The van der Waals surface area contributed by atoms with Gasteiger partial charge in [0.25, 0.3) is 0 Å². The van der Waals surface area contributed by atoms with Crippen LogP contribution in [-0.2, 0) is 19.6 Å². The molecule has 1 aromatic heterocycles. The lowest BCUT2D eigenvalue weighted by molar-refractivity contribution is 0.187. The van der Waals surface area contributed by atoms with Crippen molar-refractivity contribution in [2.45, 2.75) is 38.5 Å². The van der Waals surface area contributed by atoms with Crippen LogP contribution in [0, 0.1) is 10.6 Å². The summed E-state index contributed by atoms with van der Waals surface area (Å²) >= 11 is 5.77. The summed E-state index contributed by atoms with van der Waals surface area (Å²) in [7, 11) is 3.31. The Balaban J connectivity index is 1.44. The fourth-order valence-electron chi connectivity index (χ4n) is 4.25. The van der Waals surface area contributed by atoms with Gasteiger partial charge in [0.05, 0.1) is 26.5 Å². The number of halogens is 1. The van der Waals surface area contributed by atoms with E-state index in [1.807, 2.05) is 21.4 Å². The maximum Gasteiger partial charge on any atom is 0.199 e. The van der Waals surface area contributed by atoms with Gasteiger partial charge in [0.15, 0.2) is 22.1 Å². The summed E-state index contributed by atoms with van der Waals surface area (Å²) in [5.74, 6) is 1.84. The molecule has 31 heavy (non-hydrogen) atoms. The van der Waals surface area contributed by atoms with E-state index in [-0.39, 0.29) is 5.82 Å². The number of aromatic nitrogens is 3. The summed E-state index contributed by atoms with van der Waals surface area (Å²) in [4.78, 5) is 2.30. The van der Waals surface area contributed by atoms with Crippen molar-refractivity contribution < 1.29 is 13.9 Å². The Bertz CT molecular complexity index is 1180. The molecule has 0 atom stereocenters. The van der Waals surface area contributed by atoms with Crippen LogP contribution in [0.15, 0.2) is 36.4 Å². The van der Waals surface area contributed by atoms with E-state index >= 15 is 0 Å². The van der Waals surface area contributed by atoms with Gasteiger partial charge in [0.2, 0.25) is 0 Å². The third-order valence-electron chi connectivity index (χ3n) is 6.03. The van der Waals surface area contributed by atoms with Gasteiger partial charge in [-0.1, -0.05) is 12.1 Å². The lowest BCUT2D eigenvalue weighted by atomic mass is 9.99. The third kappa shape index (κ3) is 3.74. The van der Waals surface area contributed by atoms with Gasteiger partial charge in [0.1, 0.15) is 5.82 Å². The van der Waals surface area contributed by atoms with E-state index in [9.17, 15) is 4.39 Å². The minimum atomic E-state index is -0.274. The maximum absolute atomic E-state index is 14.5. The van der Waals surface area contributed by atoms with Gasteiger partial charge >= 0.3 is 0 Å². The van der Waals surface area contributed by atoms with Gasteiger partial charge in [-0.3, -0.25) is 9.47 Å². The molecule has 0 amide bonds. The Morgan fingerprint density at radius 2 is 1.81 bits per heavy atom. The molecule has 0 unspecified atom stereocenters. The van der Waals surface area contributed by atoms with Crippen molar-refractivity contribution in [1.82, 2.24) is 19.2 Å². The predicted octanol–water partition coefficient (Wildman–Crippen LogP) is 4.59. The smallest absolute Gasteiger partial charge is 0.199 e. The van der Waals surface area contributed by atoms with E-state index in [0.29, 0.717) is 28.9 Å². The Morgan fingerprint density at radius 1 is 1.10 bits per heavy atom. The zero-order valence-corrected chi connectivity index (χ0v) is 18.5. The van der Waals surface area contributed by atoms with E-state index in [2.05, 4.69) is 11.0 Å². The largest absolute Gasteiger partial charge is 0.493 e. The molecule has 0 bridgehead atoms. The number of hydrogen-bond donors (Lipinski definition) is 0. The number of rotatable bonds is 6. The molecule has 0 N–H and O–H groups in total. The van der Waals surface area contributed by atoms with E-state index in [4.69, 9.17) is 26.8 Å². The molecule has 1 saturated carbocycles. The van der Waals surface area contributed by atoms with Crippen LogP contribution in [0.1, 0.15) is 30.0 Å². The lowest BCUT2D eigenvalue weighted by Gasteiger charge is -2.29. The quantitative estimate of drug-likeness (QED) is 0.525. The molecule has 8 heteroatoms. The van der Waals surface area contributed by atoms with Gasteiger partial charge in [-0.25, -0.2) is 9.07 Å². The minimum absolute atomic E-state index is 0.274. The molecule has 6 nitrogen and oxygen atoms in total. The average Bonchev–Trinajstić information content (AvgIpc) is 3.57. The second kappa shape index (κ2) is 8.09. The highest BCUT2D eigenvalue weighted by molar-refractivity contribution is 7.71. The van der Waals surface area contributed by atoms with Gasteiger partial charge in [-0.15, -0.1) is 0 Å². The number of hydrogen-bond acceptors (Lipinski definition) is 5. The monoisotopic (exact) mass is 440 g/mol. The molecule has 2 heterocycles. The van der Waals surface area contributed by atoms with Crippen molar-refractivity contribution in [2.24, 2.45) is 0 Å². The first kappa shape index (κ1) is 20.2. The van der Waals surface area contributed by atoms with E-state index in [0.717, 1.165) is 43.9 Å². The van der Waals surface area contributed by atoms with Gasteiger partial charge in [0, 0.05) is 19.1 Å². The average molecular weight is 441 g/mol. The highest BCUT2D eigenvalue weighted by atomic mass is 32.1. The molecule has 5 rings (SSSR count). The summed E-state index contributed by atoms with van der Waals surface area (Å²) in [5, 5.41) is 4.76. The Hall–Kier alpha value is -2.71. The van der Waals surface area contributed by atoms with Crippen LogP contribution in [0.5, 0.6) is 11.5 Å². The van der Waals surface area contributed by atoms with Crippen molar-refractivity contribution in [3.63, 3.8) is 0 Å². The molecular weight excluding hydrogens is 415 g/mol. The van der Waals surface area contributed by atoms with Crippen molar-refractivity contribution in [3.05, 3.63) is 58.1 Å². The zero-order valence-electron chi connectivity index (χ0n) is 17.7. The first-order valence-corrected chi connectivity index (χ1v) is 10.9. The molecular formula is C23H25FN4O2S. The van der Waals surface area contributed by atoms with Crippen LogP contribution in [0.3, 0.4) is 0 Å². The molecule has 1 aliphatic carbocycles. The van der Waals surface area contributed by atoms with E-state index < -0.39 is 0 Å². The molecule has 1 fully saturated rings.